The number of hydrogen-bond acceptors (Lipinski definition) is 2. The first-order valence-corrected chi connectivity index (χ1v) is 12.2. The van der Waals surface area contributed by atoms with Crippen molar-refractivity contribution < 1.29 is 9.59 Å². The molecular formula is C28H38N2O2. The van der Waals surface area contributed by atoms with Gasteiger partial charge in [0.1, 0.15) is 6.04 Å². The summed E-state index contributed by atoms with van der Waals surface area (Å²) in [5.41, 5.74) is 4.67. The summed E-state index contributed by atoms with van der Waals surface area (Å²) in [6.45, 7) is 6.51. The summed E-state index contributed by atoms with van der Waals surface area (Å²) in [5, 5.41) is 3.20. The number of carbonyl (C=O) groups excluding carboxylic acids is 2. The second-order valence-corrected chi connectivity index (χ2v) is 9.20. The van der Waals surface area contributed by atoms with Gasteiger partial charge < -0.3 is 10.2 Å². The first kappa shape index (κ1) is 24.0. The van der Waals surface area contributed by atoms with Gasteiger partial charge in [-0.25, -0.2) is 0 Å². The van der Waals surface area contributed by atoms with Gasteiger partial charge in [-0.15, -0.1) is 0 Å². The lowest BCUT2D eigenvalue weighted by Crippen LogP contribution is -2.50. The van der Waals surface area contributed by atoms with E-state index in [9.17, 15) is 9.59 Å². The largest absolute Gasteiger partial charge is 0.352 e. The molecular weight excluding hydrogens is 396 g/mol. The normalized spacial score (nSPS) is 15.2. The second-order valence-electron chi connectivity index (χ2n) is 9.20. The van der Waals surface area contributed by atoms with Crippen LogP contribution in [-0.2, 0) is 29.0 Å². The summed E-state index contributed by atoms with van der Waals surface area (Å²) in [7, 11) is 0. The molecule has 172 valence electrons. The third kappa shape index (κ3) is 6.94. The number of hydrogen-bond donors (Lipinski definition) is 1. The molecule has 32 heavy (non-hydrogen) atoms. The Hall–Kier alpha value is -2.62. The lowest BCUT2D eigenvalue weighted by molar-refractivity contribution is -0.141. The molecule has 4 nitrogen and oxygen atoms in total. The van der Waals surface area contributed by atoms with Crippen molar-refractivity contribution in [2.75, 3.05) is 0 Å². The monoisotopic (exact) mass is 434 g/mol. The van der Waals surface area contributed by atoms with Crippen molar-refractivity contribution in [1.82, 2.24) is 10.2 Å². The van der Waals surface area contributed by atoms with Gasteiger partial charge in [-0.05, 0) is 56.2 Å². The predicted octanol–water partition coefficient (Wildman–Crippen LogP) is 5.36. The average Bonchev–Trinajstić information content (AvgIpc) is 2.81. The van der Waals surface area contributed by atoms with Gasteiger partial charge in [0.15, 0.2) is 0 Å². The van der Waals surface area contributed by atoms with Crippen LogP contribution in [0.5, 0.6) is 0 Å². The van der Waals surface area contributed by atoms with Crippen LogP contribution in [-0.4, -0.2) is 28.8 Å². The number of nitrogens with one attached hydrogen (secondary N) is 1. The fraction of sp³-hybridized carbons (Fsp3) is 0.500. The van der Waals surface area contributed by atoms with Gasteiger partial charge in [0.2, 0.25) is 11.8 Å². The molecule has 1 saturated carbocycles. The van der Waals surface area contributed by atoms with Crippen molar-refractivity contribution in [2.24, 2.45) is 0 Å². The summed E-state index contributed by atoms with van der Waals surface area (Å²) in [6.07, 6.45) is 7.76. The number of benzene rings is 2. The topological polar surface area (TPSA) is 49.4 Å². The van der Waals surface area contributed by atoms with Crippen molar-refractivity contribution in [3.8, 4) is 0 Å². The quantitative estimate of drug-likeness (QED) is 0.578. The molecule has 1 aliphatic rings. The molecule has 0 bridgehead atoms. The Kier molecular flexibility index (Phi) is 8.90. The van der Waals surface area contributed by atoms with Crippen LogP contribution >= 0.6 is 0 Å². The third-order valence-corrected chi connectivity index (χ3v) is 6.61. The van der Waals surface area contributed by atoms with Crippen LogP contribution in [0.2, 0.25) is 0 Å². The molecule has 0 aromatic heterocycles. The number of amides is 2. The highest BCUT2D eigenvalue weighted by molar-refractivity contribution is 5.87. The molecule has 4 heteroatoms. The molecule has 3 rings (SSSR count). The average molecular weight is 435 g/mol. The van der Waals surface area contributed by atoms with Crippen LogP contribution in [0.15, 0.2) is 48.5 Å². The van der Waals surface area contributed by atoms with E-state index in [1.807, 2.05) is 19.1 Å². The van der Waals surface area contributed by atoms with Crippen LogP contribution in [0.25, 0.3) is 0 Å². The van der Waals surface area contributed by atoms with E-state index in [2.05, 4.69) is 55.6 Å². The Morgan fingerprint density at radius 2 is 1.69 bits per heavy atom. The summed E-state index contributed by atoms with van der Waals surface area (Å²) in [4.78, 5) is 28.1. The molecule has 2 aromatic carbocycles. The minimum atomic E-state index is -0.493. The Morgan fingerprint density at radius 1 is 1.00 bits per heavy atom. The zero-order chi connectivity index (χ0) is 22.9. The summed E-state index contributed by atoms with van der Waals surface area (Å²) >= 11 is 0. The molecule has 0 heterocycles. The molecule has 1 atom stereocenters. The van der Waals surface area contributed by atoms with Gasteiger partial charge in [0.25, 0.3) is 0 Å². The van der Waals surface area contributed by atoms with E-state index in [1.54, 1.807) is 4.90 Å². The zero-order valence-electron chi connectivity index (χ0n) is 19.9. The first-order valence-electron chi connectivity index (χ1n) is 12.2. The molecule has 1 fully saturated rings. The second kappa shape index (κ2) is 11.8. The van der Waals surface area contributed by atoms with E-state index in [1.165, 1.54) is 24.8 Å². The SMILES string of the molecule is CCc1ccc(CCC(=O)N(Cc2cccc(C)c2)C(C)C(=O)NC2CCCCC2)cc1. The Balaban J connectivity index is 1.69. The number of nitrogens with zero attached hydrogens (tertiary/aromatic N) is 1. The lowest BCUT2D eigenvalue weighted by atomic mass is 9.95. The third-order valence-electron chi connectivity index (χ3n) is 6.61. The van der Waals surface area contributed by atoms with E-state index < -0.39 is 6.04 Å². The highest BCUT2D eigenvalue weighted by Crippen LogP contribution is 2.19. The van der Waals surface area contributed by atoms with Crippen molar-refractivity contribution >= 4 is 11.8 Å². The maximum absolute atomic E-state index is 13.3. The van der Waals surface area contributed by atoms with E-state index in [-0.39, 0.29) is 17.9 Å². The van der Waals surface area contributed by atoms with Gasteiger partial charge >= 0.3 is 0 Å². The van der Waals surface area contributed by atoms with Crippen LogP contribution < -0.4 is 5.32 Å². The lowest BCUT2D eigenvalue weighted by Gasteiger charge is -2.31. The van der Waals surface area contributed by atoms with E-state index in [0.29, 0.717) is 19.4 Å². The molecule has 0 aliphatic heterocycles. The van der Waals surface area contributed by atoms with E-state index in [4.69, 9.17) is 0 Å². The summed E-state index contributed by atoms with van der Waals surface area (Å²) in [6, 6.07) is 16.4. The minimum absolute atomic E-state index is 0.0253. The summed E-state index contributed by atoms with van der Waals surface area (Å²) in [5.74, 6) is -0.0115. The van der Waals surface area contributed by atoms with E-state index in [0.717, 1.165) is 36.0 Å². The summed E-state index contributed by atoms with van der Waals surface area (Å²) < 4.78 is 0. The Bertz CT molecular complexity index is 885. The van der Waals surface area contributed by atoms with Crippen LogP contribution in [0, 0.1) is 6.92 Å². The van der Waals surface area contributed by atoms with Gasteiger partial charge in [-0.1, -0.05) is 80.3 Å². The predicted molar refractivity (Wildman–Crippen MR) is 130 cm³/mol. The zero-order valence-corrected chi connectivity index (χ0v) is 19.9. The molecule has 1 unspecified atom stereocenters. The van der Waals surface area contributed by atoms with Crippen molar-refractivity contribution in [3.63, 3.8) is 0 Å². The highest BCUT2D eigenvalue weighted by Gasteiger charge is 2.27. The minimum Gasteiger partial charge on any atom is -0.352 e. The number of aryl methyl sites for hydroxylation is 3. The van der Waals surface area contributed by atoms with Crippen LogP contribution in [0.1, 0.15) is 74.6 Å². The van der Waals surface area contributed by atoms with Crippen molar-refractivity contribution in [1.29, 1.82) is 0 Å². The highest BCUT2D eigenvalue weighted by atomic mass is 16.2. The molecule has 0 radical (unpaired) electrons. The van der Waals surface area contributed by atoms with Gasteiger partial charge in [-0.2, -0.15) is 0 Å². The van der Waals surface area contributed by atoms with Crippen molar-refractivity contribution in [3.05, 3.63) is 70.8 Å². The maximum Gasteiger partial charge on any atom is 0.242 e. The van der Waals surface area contributed by atoms with Gasteiger partial charge in [0, 0.05) is 19.0 Å². The molecule has 1 aliphatic carbocycles. The van der Waals surface area contributed by atoms with Crippen LogP contribution in [0.3, 0.4) is 0 Å². The van der Waals surface area contributed by atoms with Crippen molar-refractivity contribution in [2.45, 2.75) is 90.8 Å². The van der Waals surface area contributed by atoms with Gasteiger partial charge in [0.05, 0.1) is 0 Å². The molecule has 1 N–H and O–H groups in total. The number of rotatable bonds is 9. The Labute approximate surface area is 193 Å². The fourth-order valence-corrected chi connectivity index (χ4v) is 4.50. The Morgan fingerprint density at radius 3 is 2.34 bits per heavy atom. The smallest absolute Gasteiger partial charge is 0.242 e. The van der Waals surface area contributed by atoms with Gasteiger partial charge in [-0.3, -0.25) is 9.59 Å². The molecule has 0 saturated heterocycles. The fourth-order valence-electron chi connectivity index (χ4n) is 4.50. The first-order chi connectivity index (χ1) is 15.5. The standard InChI is InChI=1S/C28H38N2O2/c1-4-23-13-15-24(16-14-23)17-18-27(31)30(20-25-10-8-9-21(2)19-25)22(3)28(32)29-26-11-6-5-7-12-26/h8-10,13-16,19,22,26H,4-7,11-12,17-18,20H2,1-3H3,(H,29,32). The number of carbonyl (C=O) groups is 2. The molecule has 2 amide bonds. The van der Waals surface area contributed by atoms with Crippen LogP contribution in [0.4, 0.5) is 0 Å². The van der Waals surface area contributed by atoms with E-state index >= 15 is 0 Å². The molecule has 2 aromatic rings. The maximum atomic E-state index is 13.3. The molecule has 0 spiro atoms.